The molecule has 8 nitrogen and oxygen atoms in total. The number of thiazole rings is 1. The summed E-state index contributed by atoms with van der Waals surface area (Å²) in [4.78, 5) is 29.7. The van der Waals surface area contributed by atoms with Gasteiger partial charge in [0, 0.05) is 10.4 Å². The summed E-state index contributed by atoms with van der Waals surface area (Å²) >= 11 is 1.51. The molecule has 2 aromatic heterocycles. The van der Waals surface area contributed by atoms with Crippen LogP contribution in [0.15, 0.2) is 24.3 Å². The first-order valence-electron chi connectivity index (χ1n) is 7.56. The smallest absolute Gasteiger partial charge is 0.434 e. The quantitative estimate of drug-likeness (QED) is 0.567. The largest absolute Gasteiger partial charge is 0.513 e. The van der Waals surface area contributed by atoms with Crippen LogP contribution in [0.25, 0.3) is 4.96 Å². The molecule has 0 aliphatic carbocycles. The molecule has 0 aliphatic rings. The topological polar surface area (TPSA) is 94.8 Å². The lowest BCUT2D eigenvalue weighted by Gasteiger charge is -2.05. The molecule has 0 saturated heterocycles. The van der Waals surface area contributed by atoms with Crippen molar-refractivity contribution in [3.8, 4) is 5.75 Å². The van der Waals surface area contributed by atoms with Crippen LogP contribution in [0.4, 0.5) is 10.7 Å². The van der Waals surface area contributed by atoms with Gasteiger partial charge in [-0.25, -0.2) is 9.31 Å². The minimum atomic E-state index is -0.785. The Kier molecular flexibility index (Phi) is 4.66. The van der Waals surface area contributed by atoms with E-state index < -0.39 is 6.16 Å². The lowest BCUT2D eigenvalue weighted by molar-refractivity contribution is 0.102. The van der Waals surface area contributed by atoms with Crippen LogP contribution in [-0.4, -0.2) is 33.3 Å². The Morgan fingerprint density at radius 2 is 1.96 bits per heavy atom. The Bertz CT molecular complexity index is 930. The number of benzene rings is 1. The van der Waals surface area contributed by atoms with E-state index in [1.807, 2.05) is 13.8 Å². The van der Waals surface area contributed by atoms with Crippen molar-refractivity contribution in [2.45, 2.75) is 20.8 Å². The number of nitrogens with one attached hydrogen (secondary N) is 1. The van der Waals surface area contributed by atoms with Crippen molar-refractivity contribution in [1.82, 2.24) is 14.6 Å². The SMILES string of the molecule is CCOC(=O)Oc1ccc(C(=O)Nc2nc3sc(C)c(C)n3n2)cc1. The van der Waals surface area contributed by atoms with Crippen LogP contribution in [0.5, 0.6) is 5.75 Å². The average molecular weight is 360 g/mol. The van der Waals surface area contributed by atoms with Gasteiger partial charge in [0.15, 0.2) is 0 Å². The number of hydrogen-bond donors (Lipinski definition) is 1. The van der Waals surface area contributed by atoms with Gasteiger partial charge in [-0.15, -0.1) is 5.10 Å². The number of anilines is 1. The third-order valence-electron chi connectivity index (χ3n) is 3.45. The molecule has 0 aliphatic heterocycles. The number of aromatic nitrogens is 3. The van der Waals surface area contributed by atoms with Crippen LogP contribution in [0, 0.1) is 13.8 Å². The summed E-state index contributed by atoms with van der Waals surface area (Å²) in [6, 6.07) is 6.10. The molecule has 0 bridgehead atoms. The molecule has 25 heavy (non-hydrogen) atoms. The number of ether oxygens (including phenoxy) is 2. The Labute approximate surface area is 147 Å². The van der Waals surface area contributed by atoms with Crippen LogP contribution in [-0.2, 0) is 4.74 Å². The Hall–Kier alpha value is -2.94. The fourth-order valence-electron chi connectivity index (χ4n) is 2.09. The zero-order valence-corrected chi connectivity index (χ0v) is 14.7. The van der Waals surface area contributed by atoms with Crippen molar-refractivity contribution in [1.29, 1.82) is 0 Å². The van der Waals surface area contributed by atoms with Gasteiger partial charge in [-0.05, 0) is 45.0 Å². The summed E-state index contributed by atoms with van der Waals surface area (Å²) < 4.78 is 11.3. The number of nitrogens with zero attached hydrogens (tertiary/aromatic N) is 3. The molecule has 3 rings (SSSR count). The molecule has 1 aromatic carbocycles. The number of aryl methyl sites for hydroxylation is 2. The number of fused-ring (bicyclic) bond motifs is 1. The highest BCUT2D eigenvalue weighted by Crippen LogP contribution is 2.21. The molecule has 0 atom stereocenters. The van der Waals surface area contributed by atoms with Crippen molar-refractivity contribution in [3.63, 3.8) is 0 Å². The fraction of sp³-hybridized carbons (Fsp3) is 0.250. The van der Waals surface area contributed by atoms with Crippen molar-refractivity contribution in [2.24, 2.45) is 0 Å². The van der Waals surface area contributed by atoms with E-state index in [0.717, 1.165) is 15.5 Å². The van der Waals surface area contributed by atoms with Gasteiger partial charge >= 0.3 is 6.16 Å². The van der Waals surface area contributed by atoms with Crippen molar-refractivity contribution in [3.05, 3.63) is 40.4 Å². The first-order valence-corrected chi connectivity index (χ1v) is 8.38. The van der Waals surface area contributed by atoms with E-state index in [-0.39, 0.29) is 18.5 Å². The summed E-state index contributed by atoms with van der Waals surface area (Å²) in [5, 5.41) is 6.93. The second-order valence-electron chi connectivity index (χ2n) is 5.14. The summed E-state index contributed by atoms with van der Waals surface area (Å²) in [7, 11) is 0. The number of carbonyl (C=O) groups is 2. The highest BCUT2D eigenvalue weighted by molar-refractivity contribution is 7.17. The predicted octanol–water partition coefficient (Wildman–Crippen LogP) is 3.20. The van der Waals surface area contributed by atoms with Gasteiger partial charge in [-0.3, -0.25) is 10.1 Å². The predicted molar refractivity (Wildman–Crippen MR) is 92.4 cm³/mol. The van der Waals surface area contributed by atoms with Crippen molar-refractivity contribution >= 4 is 34.3 Å². The number of amides is 1. The number of carbonyl (C=O) groups excluding carboxylic acids is 2. The minimum Gasteiger partial charge on any atom is -0.434 e. The molecular weight excluding hydrogens is 344 g/mol. The second kappa shape index (κ2) is 6.89. The van der Waals surface area contributed by atoms with E-state index >= 15 is 0 Å². The zero-order valence-electron chi connectivity index (χ0n) is 13.9. The summed E-state index contributed by atoms with van der Waals surface area (Å²) in [5.74, 6) is 0.184. The molecule has 0 saturated carbocycles. The third-order valence-corrected chi connectivity index (χ3v) is 4.50. The zero-order chi connectivity index (χ0) is 18.0. The Morgan fingerprint density at radius 1 is 1.24 bits per heavy atom. The Balaban J connectivity index is 1.68. The van der Waals surface area contributed by atoms with Gasteiger partial charge < -0.3 is 9.47 Å². The standard InChI is InChI=1S/C16H16N4O4S/c1-4-23-16(22)24-12-7-5-11(6-8-12)13(21)17-14-18-15-20(19-14)9(2)10(3)25-15/h5-8H,4H2,1-3H3,(H,17,19,21). The van der Waals surface area contributed by atoms with Gasteiger partial charge in [0.05, 0.1) is 12.3 Å². The van der Waals surface area contributed by atoms with E-state index in [1.165, 1.54) is 35.6 Å². The van der Waals surface area contributed by atoms with Crippen LogP contribution in [0.1, 0.15) is 27.9 Å². The van der Waals surface area contributed by atoms with Gasteiger partial charge in [-0.1, -0.05) is 11.3 Å². The molecule has 130 valence electrons. The highest BCUT2D eigenvalue weighted by atomic mass is 32.1. The lowest BCUT2D eigenvalue weighted by atomic mass is 10.2. The first kappa shape index (κ1) is 16.9. The molecule has 9 heteroatoms. The summed E-state index contributed by atoms with van der Waals surface area (Å²) in [6.07, 6.45) is -0.785. The number of rotatable bonds is 4. The summed E-state index contributed by atoms with van der Waals surface area (Å²) in [5.41, 5.74) is 1.38. The maximum Gasteiger partial charge on any atom is 0.513 e. The molecule has 0 spiro atoms. The minimum absolute atomic E-state index is 0.230. The van der Waals surface area contributed by atoms with E-state index in [1.54, 1.807) is 11.4 Å². The third kappa shape index (κ3) is 3.61. The van der Waals surface area contributed by atoms with Gasteiger partial charge in [-0.2, -0.15) is 4.98 Å². The van der Waals surface area contributed by atoms with Gasteiger partial charge in [0.1, 0.15) is 5.75 Å². The maximum absolute atomic E-state index is 12.3. The van der Waals surface area contributed by atoms with E-state index in [9.17, 15) is 9.59 Å². The molecular formula is C16H16N4O4S. The average Bonchev–Trinajstić information content (AvgIpc) is 3.07. The molecule has 0 radical (unpaired) electrons. The molecule has 1 N–H and O–H groups in total. The monoisotopic (exact) mass is 360 g/mol. The van der Waals surface area contributed by atoms with Gasteiger partial charge in [0.2, 0.25) is 4.96 Å². The van der Waals surface area contributed by atoms with Crippen LogP contribution in [0.3, 0.4) is 0 Å². The fourth-order valence-corrected chi connectivity index (χ4v) is 2.99. The van der Waals surface area contributed by atoms with Crippen LogP contribution >= 0.6 is 11.3 Å². The lowest BCUT2D eigenvalue weighted by Crippen LogP contribution is -2.13. The van der Waals surface area contributed by atoms with Gasteiger partial charge in [0.25, 0.3) is 11.9 Å². The Morgan fingerprint density at radius 3 is 2.60 bits per heavy atom. The van der Waals surface area contributed by atoms with E-state index in [2.05, 4.69) is 20.1 Å². The first-order chi connectivity index (χ1) is 12.0. The molecule has 0 fully saturated rings. The molecule has 0 unspecified atom stereocenters. The van der Waals surface area contributed by atoms with E-state index in [4.69, 9.17) is 4.74 Å². The molecule has 1 amide bonds. The van der Waals surface area contributed by atoms with E-state index in [0.29, 0.717) is 11.3 Å². The second-order valence-corrected chi connectivity index (χ2v) is 6.32. The van der Waals surface area contributed by atoms with Crippen LogP contribution in [0.2, 0.25) is 0 Å². The van der Waals surface area contributed by atoms with Crippen molar-refractivity contribution < 1.29 is 19.1 Å². The summed E-state index contributed by atoms with van der Waals surface area (Å²) in [6.45, 7) is 5.86. The number of hydrogen-bond acceptors (Lipinski definition) is 7. The molecule has 2 heterocycles. The maximum atomic E-state index is 12.3. The normalized spacial score (nSPS) is 10.7. The highest BCUT2D eigenvalue weighted by Gasteiger charge is 2.14. The van der Waals surface area contributed by atoms with Crippen molar-refractivity contribution in [2.75, 3.05) is 11.9 Å². The molecule has 3 aromatic rings. The van der Waals surface area contributed by atoms with Crippen LogP contribution < -0.4 is 10.1 Å².